The number of amides is 3. The zero-order valence-corrected chi connectivity index (χ0v) is 23.1. The van der Waals surface area contributed by atoms with E-state index < -0.39 is 11.1 Å². The van der Waals surface area contributed by atoms with Crippen molar-refractivity contribution in [2.45, 2.75) is 33.3 Å². The third kappa shape index (κ3) is 6.73. The zero-order chi connectivity index (χ0) is 26.5. The molecule has 0 radical (unpaired) electrons. The van der Waals surface area contributed by atoms with Gasteiger partial charge < -0.3 is 14.4 Å². The summed E-state index contributed by atoms with van der Waals surface area (Å²) in [5, 5.41) is -0.460. The lowest BCUT2D eigenvalue weighted by atomic mass is 9.99. The van der Waals surface area contributed by atoms with Gasteiger partial charge in [0, 0.05) is 13.1 Å². The largest absolute Gasteiger partial charge is 0.490 e. The van der Waals surface area contributed by atoms with E-state index in [1.807, 2.05) is 6.92 Å². The van der Waals surface area contributed by atoms with Crippen molar-refractivity contribution in [3.05, 3.63) is 62.7 Å². The SMILES string of the molecule is CCOc1cc(/C=C2\SC(=O)N(CC(=O)N3CCC(C)CC3)C2=O)cc(Br)c1OCc1ccc(F)cc1. The van der Waals surface area contributed by atoms with Gasteiger partial charge in [-0.2, -0.15) is 0 Å². The van der Waals surface area contributed by atoms with Crippen LogP contribution in [0.2, 0.25) is 0 Å². The lowest BCUT2D eigenvalue weighted by molar-refractivity contribution is -0.136. The summed E-state index contributed by atoms with van der Waals surface area (Å²) in [4.78, 5) is 41.2. The molecular weight excluding hydrogens is 563 g/mol. The van der Waals surface area contributed by atoms with E-state index in [2.05, 4.69) is 22.9 Å². The maximum Gasteiger partial charge on any atom is 0.294 e. The number of nitrogens with zero attached hydrogens (tertiary/aromatic N) is 2. The fourth-order valence-corrected chi connectivity index (χ4v) is 5.50. The molecule has 4 rings (SSSR count). The molecule has 2 aliphatic heterocycles. The Balaban J connectivity index is 1.48. The van der Waals surface area contributed by atoms with E-state index >= 15 is 0 Å². The molecule has 2 fully saturated rings. The smallest absolute Gasteiger partial charge is 0.294 e. The zero-order valence-electron chi connectivity index (χ0n) is 20.7. The van der Waals surface area contributed by atoms with Crippen molar-refractivity contribution in [3.8, 4) is 11.5 Å². The first-order chi connectivity index (χ1) is 17.7. The Kier molecular flexibility index (Phi) is 8.91. The van der Waals surface area contributed by atoms with Crippen LogP contribution in [0.15, 0.2) is 45.8 Å². The molecular formula is C27H28BrFN2O5S. The highest BCUT2D eigenvalue weighted by molar-refractivity contribution is 9.10. The van der Waals surface area contributed by atoms with Gasteiger partial charge in [-0.05, 0) is 94.8 Å². The first-order valence-electron chi connectivity index (χ1n) is 12.1. The van der Waals surface area contributed by atoms with Gasteiger partial charge in [0.2, 0.25) is 5.91 Å². The number of ether oxygens (including phenoxy) is 2. The topological polar surface area (TPSA) is 76.2 Å². The highest BCUT2D eigenvalue weighted by Gasteiger charge is 2.37. The van der Waals surface area contributed by atoms with Crippen LogP contribution in [0.4, 0.5) is 9.18 Å². The number of piperidine rings is 1. The molecule has 10 heteroatoms. The number of carbonyl (C=O) groups excluding carboxylic acids is 3. The molecule has 0 aliphatic carbocycles. The normalized spacial score (nSPS) is 17.6. The Morgan fingerprint density at radius 2 is 1.86 bits per heavy atom. The maximum atomic E-state index is 13.2. The van der Waals surface area contributed by atoms with Crippen LogP contribution in [-0.4, -0.2) is 53.1 Å². The van der Waals surface area contributed by atoms with Crippen LogP contribution in [-0.2, 0) is 16.2 Å². The minimum absolute atomic E-state index is 0.209. The summed E-state index contributed by atoms with van der Waals surface area (Å²) in [5.74, 6) is 0.486. The fourth-order valence-electron chi connectivity index (χ4n) is 4.09. The summed E-state index contributed by atoms with van der Waals surface area (Å²) in [6.45, 7) is 5.64. The number of halogens is 2. The van der Waals surface area contributed by atoms with Crippen molar-refractivity contribution in [1.82, 2.24) is 9.80 Å². The van der Waals surface area contributed by atoms with Crippen LogP contribution in [0.25, 0.3) is 6.08 Å². The summed E-state index contributed by atoms with van der Waals surface area (Å²) in [7, 11) is 0. The molecule has 0 unspecified atom stereocenters. The number of thioether (sulfide) groups is 1. The molecule has 0 spiro atoms. The molecule has 0 aromatic heterocycles. The molecule has 0 saturated carbocycles. The number of imide groups is 1. The van der Waals surface area contributed by atoms with E-state index in [9.17, 15) is 18.8 Å². The highest BCUT2D eigenvalue weighted by atomic mass is 79.9. The molecule has 0 bridgehead atoms. The van der Waals surface area contributed by atoms with Gasteiger partial charge in [-0.25, -0.2) is 4.39 Å². The van der Waals surface area contributed by atoms with Crippen LogP contribution in [0, 0.1) is 11.7 Å². The van der Waals surface area contributed by atoms with Gasteiger partial charge >= 0.3 is 0 Å². The number of carbonyl (C=O) groups is 3. The van der Waals surface area contributed by atoms with Crippen molar-refractivity contribution >= 4 is 50.8 Å². The third-order valence-electron chi connectivity index (χ3n) is 6.23. The number of hydrogen-bond acceptors (Lipinski definition) is 6. The molecule has 7 nitrogen and oxygen atoms in total. The monoisotopic (exact) mass is 590 g/mol. The minimum atomic E-state index is -0.487. The van der Waals surface area contributed by atoms with Crippen molar-refractivity contribution in [2.24, 2.45) is 5.92 Å². The highest BCUT2D eigenvalue weighted by Crippen LogP contribution is 2.39. The van der Waals surface area contributed by atoms with Gasteiger partial charge in [0.05, 0.1) is 16.0 Å². The van der Waals surface area contributed by atoms with Gasteiger partial charge in [0.15, 0.2) is 11.5 Å². The van der Waals surface area contributed by atoms with Crippen LogP contribution < -0.4 is 9.47 Å². The van der Waals surface area contributed by atoms with Crippen molar-refractivity contribution in [3.63, 3.8) is 0 Å². The first kappa shape index (κ1) is 27.2. The molecule has 0 N–H and O–H groups in total. The Bertz CT molecular complexity index is 1210. The molecule has 2 saturated heterocycles. The van der Waals surface area contributed by atoms with Gasteiger partial charge in [0.25, 0.3) is 11.1 Å². The molecule has 37 heavy (non-hydrogen) atoms. The second-order valence-electron chi connectivity index (χ2n) is 9.01. The van der Waals surface area contributed by atoms with Crippen LogP contribution >= 0.6 is 27.7 Å². The number of hydrogen-bond donors (Lipinski definition) is 0. The lowest BCUT2D eigenvalue weighted by Crippen LogP contribution is -2.45. The maximum absolute atomic E-state index is 13.2. The second-order valence-corrected chi connectivity index (χ2v) is 10.9. The Morgan fingerprint density at radius 3 is 2.54 bits per heavy atom. The predicted octanol–water partition coefficient (Wildman–Crippen LogP) is 5.86. The third-order valence-corrected chi connectivity index (χ3v) is 7.73. The number of likely N-dealkylation sites (tertiary alicyclic amines) is 1. The molecule has 2 aromatic rings. The average Bonchev–Trinajstić information content (AvgIpc) is 3.12. The first-order valence-corrected chi connectivity index (χ1v) is 13.7. The van der Waals surface area contributed by atoms with E-state index in [4.69, 9.17) is 9.47 Å². The molecule has 2 aromatic carbocycles. The minimum Gasteiger partial charge on any atom is -0.490 e. The van der Waals surface area contributed by atoms with E-state index in [1.165, 1.54) is 12.1 Å². The Morgan fingerprint density at radius 1 is 1.16 bits per heavy atom. The summed E-state index contributed by atoms with van der Waals surface area (Å²) >= 11 is 4.32. The van der Waals surface area contributed by atoms with Crippen molar-refractivity contribution in [2.75, 3.05) is 26.2 Å². The van der Waals surface area contributed by atoms with Gasteiger partial charge in [-0.1, -0.05) is 19.1 Å². The summed E-state index contributed by atoms with van der Waals surface area (Å²) in [5.41, 5.74) is 1.42. The van der Waals surface area contributed by atoms with Crippen LogP contribution in [0.3, 0.4) is 0 Å². The summed E-state index contributed by atoms with van der Waals surface area (Å²) in [6.07, 6.45) is 3.46. The molecule has 3 amide bonds. The lowest BCUT2D eigenvalue weighted by Gasteiger charge is -2.31. The predicted molar refractivity (Wildman–Crippen MR) is 144 cm³/mol. The van der Waals surface area contributed by atoms with Crippen LogP contribution in [0.5, 0.6) is 11.5 Å². The average molecular weight is 591 g/mol. The molecule has 2 heterocycles. The summed E-state index contributed by atoms with van der Waals surface area (Å²) < 4.78 is 25.5. The van der Waals surface area contributed by atoms with Gasteiger partial charge in [-0.3, -0.25) is 19.3 Å². The quantitative estimate of drug-likeness (QED) is 0.358. The Hall–Kier alpha value is -2.85. The van der Waals surface area contributed by atoms with Crippen LogP contribution in [0.1, 0.15) is 37.8 Å². The fraction of sp³-hybridized carbons (Fsp3) is 0.370. The van der Waals surface area contributed by atoms with Gasteiger partial charge in [-0.15, -0.1) is 0 Å². The molecule has 2 aliphatic rings. The van der Waals surface area contributed by atoms with E-state index in [0.29, 0.717) is 47.1 Å². The standard InChI is InChI=1S/C27H28BrFN2O5S/c1-3-35-22-13-19(12-21(28)25(22)36-16-18-4-6-20(29)7-5-18)14-23-26(33)31(27(34)37-23)15-24(32)30-10-8-17(2)9-11-30/h4-7,12-14,17H,3,8-11,15-16H2,1-2H3/b23-14-. The molecule has 0 atom stereocenters. The second kappa shape index (κ2) is 12.1. The summed E-state index contributed by atoms with van der Waals surface area (Å²) in [6, 6.07) is 9.51. The van der Waals surface area contributed by atoms with Gasteiger partial charge in [0.1, 0.15) is 19.0 Å². The molecule has 196 valence electrons. The van der Waals surface area contributed by atoms with Crippen molar-refractivity contribution in [1.29, 1.82) is 0 Å². The Labute approximate surface area is 228 Å². The van der Waals surface area contributed by atoms with E-state index in [0.717, 1.165) is 35.1 Å². The number of rotatable bonds is 8. The van der Waals surface area contributed by atoms with E-state index in [-0.39, 0.29) is 29.8 Å². The number of benzene rings is 2. The van der Waals surface area contributed by atoms with E-state index in [1.54, 1.807) is 35.2 Å². The van der Waals surface area contributed by atoms with Crippen molar-refractivity contribution < 1.29 is 28.2 Å².